The number of hydrogen-bond donors (Lipinski definition) is 1. The Morgan fingerprint density at radius 3 is 1.71 bits per heavy atom. The van der Waals surface area contributed by atoms with Crippen molar-refractivity contribution in [3.05, 3.63) is 12.2 Å². The summed E-state index contributed by atoms with van der Waals surface area (Å²) in [5.74, 6) is -1.40. The van der Waals surface area contributed by atoms with Crippen molar-refractivity contribution in [2.24, 2.45) is 0 Å². The zero-order chi connectivity index (χ0) is 23.6. The van der Waals surface area contributed by atoms with E-state index in [2.05, 4.69) is 24.4 Å². The Labute approximate surface area is 192 Å². The second-order valence-corrected chi connectivity index (χ2v) is 9.79. The fourth-order valence-electron chi connectivity index (χ4n) is 4.00. The van der Waals surface area contributed by atoms with Crippen LogP contribution in [0.25, 0.3) is 0 Å². The van der Waals surface area contributed by atoms with Crippen LogP contribution in [0.1, 0.15) is 117 Å². The maximum absolute atomic E-state index is 12.4. The number of rotatable bonds is 20. The summed E-state index contributed by atoms with van der Waals surface area (Å²) in [4.78, 5) is 24.3. The van der Waals surface area contributed by atoms with E-state index in [4.69, 9.17) is 0 Å². The topological polar surface area (TPSA) is 69.2 Å². The van der Waals surface area contributed by atoms with Gasteiger partial charge < -0.3 is 14.4 Å². The van der Waals surface area contributed by atoms with Gasteiger partial charge in [0.2, 0.25) is 11.6 Å². The Morgan fingerprint density at radius 2 is 1.26 bits per heavy atom. The highest BCUT2D eigenvalue weighted by Crippen LogP contribution is 2.22. The lowest BCUT2D eigenvalue weighted by molar-refractivity contribution is -0.919. The van der Waals surface area contributed by atoms with Crippen LogP contribution in [-0.2, 0) is 9.59 Å². The monoisotopic (exact) mass is 438 g/mol. The quantitative estimate of drug-likeness (QED) is 0.125. The molecular weight excluding hydrogens is 388 g/mol. The van der Waals surface area contributed by atoms with Crippen LogP contribution < -0.4 is 10.4 Å². The second kappa shape index (κ2) is 17.2. The average molecular weight is 439 g/mol. The maximum Gasteiger partial charge on any atom is 0.224 e. The summed E-state index contributed by atoms with van der Waals surface area (Å²) in [5.41, 5.74) is -1.37. The fraction of sp³-hybridized carbons (Fsp3) is 0.846. The van der Waals surface area contributed by atoms with Crippen LogP contribution in [0.2, 0.25) is 0 Å². The van der Waals surface area contributed by atoms with E-state index >= 15 is 0 Å². The van der Waals surface area contributed by atoms with Gasteiger partial charge in [-0.1, -0.05) is 77.4 Å². The molecule has 0 radical (unpaired) electrons. The maximum atomic E-state index is 12.4. The molecule has 1 unspecified atom stereocenters. The molecule has 1 amide bonds. The first-order valence-electron chi connectivity index (χ1n) is 12.7. The molecule has 31 heavy (non-hydrogen) atoms. The third-order valence-electron chi connectivity index (χ3n) is 6.11. The number of allylic oxidation sites excluding steroid dienone is 2. The second-order valence-electron chi connectivity index (χ2n) is 9.79. The molecule has 5 heteroatoms. The summed E-state index contributed by atoms with van der Waals surface area (Å²) in [7, 11) is 5.36. The van der Waals surface area contributed by atoms with Gasteiger partial charge in [0.25, 0.3) is 0 Å². The zero-order valence-electron chi connectivity index (χ0n) is 21.1. The molecule has 182 valence electrons. The molecule has 0 aromatic rings. The zero-order valence-corrected chi connectivity index (χ0v) is 21.1. The third kappa shape index (κ3) is 12.9. The van der Waals surface area contributed by atoms with E-state index in [1.54, 1.807) is 21.1 Å². The van der Waals surface area contributed by atoms with E-state index < -0.39 is 11.6 Å². The Hall–Kier alpha value is -1.36. The number of aliphatic carboxylic acids is 1. The van der Waals surface area contributed by atoms with Crippen molar-refractivity contribution in [2.75, 3.05) is 21.1 Å². The van der Waals surface area contributed by atoms with E-state index in [0.717, 1.165) is 25.7 Å². The van der Waals surface area contributed by atoms with Gasteiger partial charge in [0, 0.05) is 12.8 Å². The molecule has 0 spiro atoms. The van der Waals surface area contributed by atoms with Crippen molar-refractivity contribution in [3.63, 3.8) is 0 Å². The third-order valence-corrected chi connectivity index (χ3v) is 6.11. The molecule has 0 aliphatic rings. The molecule has 0 saturated carbocycles. The number of hydrogen-bond acceptors (Lipinski definition) is 3. The van der Waals surface area contributed by atoms with Crippen LogP contribution in [0.4, 0.5) is 0 Å². The Balaban J connectivity index is 3.90. The molecule has 1 atom stereocenters. The Morgan fingerprint density at radius 1 is 0.774 bits per heavy atom. The fourth-order valence-corrected chi connectivity index (χ4v) is 4.00. The molecule has 0 bridgehead atoms. The normalized spacial score (nSPS) is 14.0. The first kappa shape index (κ1) is 29.6. The van der Waals surface area contributed by atoms with E-state index in [1.807, 2.05) is 6.92 Å². The number of unbranched alkanes of at least 4 members (excludes halogenated alkanes) is 11. The number of quaternary nitrogens is 1. The van der Waals surface area contributed by atoms with Gasteiger partial charge in [-0.3, -0.25) is 10.1 Å². The number of carbonyl (C=O) groups excluding carboxylic acids is 2. The Kier molecular flexibility index (Phi) is 16.5. The molecule has 1 N–H and O–H groups in total. The molecule has 0 heterocycles. The van der Waals surface area contributed by atoms with Gasteiger partial charge in [-0.25, -0.2) is 0 Å². The summed E-state index contributed by atoms with van der Waals surface area (Å²) in [5, 5.41) is 14.6. The van der Waals surface area contributed by atoms with Gasteiger partial charge in [-0.15, -0.1) is 0 Å². The van der Waals surface area contributed by atoms with Gasteiger partial charge in [0.15, 0.2) is 0 Å². The number of carboxylic acid groups (broad SMARTS) is 1. The molecule has 5 nitrogen and oxygen atoms in total. The summed E-state index contributed by atoms with van der Waals surface area (Å²) >= 11 is 0. The molecule has 0 aromatic heterocycles. The van der Waals surface area contributed by atoms with Crippen molar-refractivity contribution >= 4 is 11.9 Å². The van der Waals surface area contributed by atoms with Crippen LogP contribution in [0, 0.1) is 0 Å². The summed E-state index contributed by atoms with van der Waals surface area (Å²) < 4.78 is 0.112. The van der Waals surface area contributed by atoms with Gasteiger partial charge in [0.05, 0.1) is 21.1 Å². The van der Waals surface area contributed by atoms with E-state index in [9.17, 15) is 14.7 Å². The van der Waals surface area contributed by atoms with E-state index in [-0.39, 0.29) is 10.4 Å². The highest BCUT2D eigenvalue weighted by atomic mass is 16.4. The molecular formula is C26H50N2O3. The largest absolute Gasteiger partial charge is 0.542 e. The van der Waals surface area contributed by atoms with Crippen LogP contribution in [0.3, 0.4) is 0 Å². The van der Waals surface area contributed by atoms with Crippen molar-refractivity contribution < 1.29 is 19.2 Å². The predicted molar refractivity (Wildman–Crippen MR) is 128 cm³/mol. The van der Waals surface area contributed by atoms with Gasteiger partial charge in [-0.05, 0) is 38.5 Å². The highest BCUT2D eigenvalue weighted by molar-refractivity contribution is 5.84. The first-order chi connectivity index (χ1) is 14.7. The SMILES string of the molecule is CCCCCCCC/C=C\CCCCCCCC(=O)NC(CCC)(C(=O)[O-])[N+](C)(C)C. The minimum Gasteiger partial charge on any atom is -0.542 e. The van der Waals surface area contributed by atoms with Crippen LogP contribution >= 0.6 is 0 Å². The lowest BCUT2D eigenvalue weighted by Gasteiger charge is -2.46. The lowest BCUT2D eigenvalue weighted by Crippen LogP contribution is -2.74. The molecule has 0 saturated heterocycles. The standard InChI is InChI=1S/C26H50N2O3/c1-6-8-9-10-11-12-13-14-15-16-17-18-19-20-21-22-24(29)27-26(23-7-2,25(30)31)28(3,4)5/h14-15H,6-13,16-23H2,1-5H3,(H-,27,29,30,31)/b15-14-. The average Bonchev–Trinajstić information content (AvgIpc) is 2.69. The molecule has 0 fully saturated rings. The molecule has 0 rings (SSSR count). The number of likely N-dealkylation sites (N-methyl/N-ethyl adjacent to an activating group) is 1. The summed E-state index contributed by atoms with van der Waals surface area (Å²) in [6.07, 6.45) is 21.8. The first-order valence-corrected chi connectivity index (χ1v) is 12.7. The summed E-state index contributed by atoms with van der Waals surface area (Å²) in [6.45, 7) is 4.17. The van der Waals surface area contributed by atoms with Crippen molar-refractivity contribution in [2.45, 2.75) is 122 Å². The molecule has 0 aliphatic heterocycles. The number of nitrogens with one attached hydrogen (secondary N) is 1. The molecule has 0 aliphatic carbocycles. The predicted octanol–water partition coefficient (Wildman–Crippen LogP) is 5.09. The van der Waals surface area contributed by atoms with Crippen LogP contribution in [-0.4, -0.2) is 43.2 Å². The van der Waals surface area contributed by atoms with E-state index in [1.165, 1.54) is 57.8 Å². The van der Waals surface area contributed by atoms with Crippen molar-refractivity contribution in [1.29, 1.82) is 0 Å². The Bertz CT molecular complexity index is 511. The number of carboxylic acids is 1. The van der Waals surface area contributed by atoms with Crippen LogP contribution in [0.5, 0.6) is 0 Å². The number of carbonyl (C=O) groups is 2. The van der Waals surface area contributed by atoms with Crippen molar-refractivity contribution in [3.8, 4) is 0 Å². The summed E-state index contributed by atoms with van der Waals surface area (Å²) in [6, 6.07) is 0. The highest BCUT2D eigenvalue weighted by Gasteiger charge is 2.45. The van der Waals surface area contributed by atoms with Gasteiger partial charge in [-0.2, -0.15) is 0 Å². The minimum atomic E-state index is -1.37. The number of amides is 1. The van der Waals surface area contributed by atoms with E-state index in [0.29, 0.717) is 19.3 Å². The minimum absolute atomic E-state index is 0.112. The van der Waals surface area contributed by atoms with Crippen LogP contribution in [0.15, 0.2) is 12.2 Å². The van der Waals surface area contributed by atoms with Gasteiger partial charge in [0.1, 0.15) is 5.97 Å². The number of nitrogens with zero attached hydrogens (tertiary/aromatic N) is 1. The lowest BCUT2D eigenvalue weighted by atomic mass is 9.99. The van der Waals surface area contributed by atoms with Gasteiger partial charge >= 0.3 is 0 Å². The smallest absolute Gasteiger partial charge is 0.224 e. The van der Waals surface area contributed by atoms with Crippen molar-refractivity contribution in [1.82, 2.24) is 5.32 Å². The molecule has 0 aromatic carbocycles.